The number of rotatable bonds is 6. The minimum absolute atomic E-state index is 0.0323. The molecule has 1 fully saturated rings. The van der Waals surface area contributed by atoms with Gasteiger partial charge >= 0.3 is 0 Å². The Labute approximate surface area is 196 Å². The van der Waals surface area contributed by atoms with Crippen molar-refractivity contribution in [3.8, 4) is 0 Å². The highest BCUT2D eigenvalue weighted by atomic mass is 16.6. The van der Waals surface area contributed by atoms with Gasteiger partial charge in [0, 0.05) is 37.0 Å². The maximum Gasteiger partial charge on any atom is 0.273 e. The van der Waals surface area contributed by atoms with Gasteiger partial charge in [-0.25, -0.2) is 4.98 Å². The summed E-state index contributed by atoms with van der Waals surface area (Å²) in [6.45, 7) is 10.2. The number of nitrogens with zero attached hydrogens (tertiary/aromatic N) is 4. The SMILES string of the molecule is CC.CCC(C)c1cc(N2CCn3cncc3C2)c(C(=O)NC2CCCCC2)cc1[N+](=O)[O-]. The summed E-state index contributed by atoms with van der Waals surface area (Å²) in [6.07, 6.45) is 9.82. The normalized spacial score (nSPS) is 16.9. The van der Waals surface area contributed by atoms with Crippen LogP contribution in [-0.4, -0.2) is 33.0 Å². The Morgan fingerprint density at radius 1 is 1.24 bits per heavy atom. The molecule has 1 saturated carbocycles. The fourth-order valence-corrected chi connectivity index (χ4v) is 4.71. The Morgan fingerprint density at radius 2 is 1.97 bits per heavy atom. The van der Waals surface area contributed by atoms with Crippen molar-refractivity contribution in [3.63, 3.8) is 0 Å². The van der Waals surface area contributed by atoms with Crippen LogP contribution in [0.4, 0.5) is 11.4 Å². The highest BCUT2D eigenvalue weighted by molar-refractivity contribution is 6.01. The summed E-state index contributed by atoms with van der Waals surface area (Å²) in [6, 6.07) is 3.53. The number of hydrogen-bond donors (Lipinski definition) is 1. The molecule has 8 nitrogen and oxygen atoms in total. The quantitative estimate of drug-likeness (QED) is 0.464. The molecule has 1 unspecified atom stereocenters. The van der Waals surface area contributed by atoms with Gasteiger partial charge in [0.15, 0.2) is 0 Å². The first-order valence-electron chi connectivity index (χ1n) is 12.3. The third kappa shape index (κ3) is 5.54. The van der Waals surface area contributed by atoms with Crippen LogP contribution in [0.2, 0.25) is 0 Å². The maximum atomic E-state index is 13.3. The number of nitro benzene ring substituents is 1. The molecule has 1 aliphatic heterocycles. The van der Waals surface area contributed by atoms with Gasteiger partial charge in [-0.3, -0.25) is 14.9 Å². The number of imidazole rings is 1. The first kappa shape index (κ1) is 24.7. The molecule has 0 bridgehead atoms. The second-order valence-corrected chi connectivity index (χ2v) is 8.80. The van der Waals surface area contributed by atoms with Gasteiger partial charge in [-0.15, -0.1) is 0 Å². The van der Waals surface area contributed by atoms with Gasteiger partial charge in [0.1, 0.15) is 0 Å². The van der Waals surface area contributed by atoms with E-state index in [-0.39, 0.29) is 28.5 Å². The number of nitrogens with one attached hydrogen (secondary N) is 1. The Bertz CT molecular complexity index is 965. The Hall–Kier alpha value is -2.90. The standard InChI is InChI=1S/C23H31N5O3.C2H6/c1-3-16(2)19-11-21(26-9-10-27-15-24-13-18(27)14-26)20(12-22(19)28(30)31)23(29)25-17-7-5-4-6-8-17;1-2/h11-13,15-17H,3-10,14H2,1-2H3,(H,25,29);1-2H3. The van der Waals surface area contributed by atoms with E-state index in [1.54, 1.807) is 0 Å². The van der Waals surface area contributed by atoms with Gasteiger partial charge in [0.2, 0.25) is 0 Å². The van der Waals surface area contributed by atoms with Crippen LogP contribution in [0.15, 0.2) is 24.7 Å². The van der Waals surface area contributed by atoms with Crippen molar-refractivity contribution in [1.29, 1.82) is 0 Å². The number of fused-ring (bicyclic) bond motifs is 1. The lowest BCUT2D eigenvalue weighted by Crippen LogP contribution is -2.38. The highest BCUT2D eigenvalue weighted by Gasteiger charge is 2.29. The summed E-state index contributed by atoms with van der Waals surface area (Å²) in [7, 11) is 0. The molecule has 33 heavy (non-hydrogen) atoms. The maximum absolute atomic E-state index is 13.3. The third-order valence-corrected chi connectivity index (χ3v) is 6.77. The topological polar surface area (TPSA) is 93.3 Å². The molecule has 1 atom stereocenters. The van der Waals surface area contributed by atoms with E-state index in [2.05, 4.69) is 19.8 Å². The van der Waals surface area contributed by atoms with E-state index in [1.165, 1.54) is 12.5 Å². The van der Waals surface area contributed by atoms with Crippen molar-refractivity contribution >= 4 is 17.3 Å². The monoisotopic (exact) mass is 455 g/mol. The number of carbonyl (C=O) groups excluding carboxylic acids is 1. The minimum Gasteiger partial charge on any atom is -0.363 e. The van der Waals surface area contributed by atoms with Crippen LogP contribution in [-0.2, 0) is 13.1 Å². The first-order chi connectivity index (χ1) is 16.0. The summed E-state index contributed by atoms with van der Waals surface area (Å²) >= 11 is 0. The zero-order chi connectivity index (χ0) is 24.0. The number of benzene rings is 1. The van der Waals surface area contributed by atoms with E-state index in [0.717, 1.165) is 56.6 Å². The number of carbonyl (C=O) groups is 1. The van der Waals surface area contributed by atoms with Gasteiger partial charge in [-0.2, -0.15) is 0 Å². The van der Waals surface area contributed by atoms with Crippen LogP contribution < -0.4 is 10.2 Å². The van der Waals surface area contributed by atoms with Crippen molar-refractivity contribution in [2.24, 2.45) is 0 Å². The second kappa shape index (κ2) is 11.3. The lowest BCUT2D eigenvalue weighted by molar-refractivity contribution is -0.385. The first-order valence-corrected chi connectivity index (χ1v) is 12.3. The number of hydrogen-bond acceptors (Lipinski definition) is 5. The summed E-state index contributed by atoms with van der Waals surface area (Å²) in [5, 5.41) is 15.0. The van der Waals surface area contributed by atoms with Crippen LogP contribution in [0.1, 0.15) is 93.8 Å². The predicted octanol–water partition coefficient (Wildman–Crippen LogP) is 5.41. The van der Waals surface area contributed by atoms with Crippen LogP contribution >= 0.6 is 0 Å². The molecule has 4 rings (SSSR count). The van der Waals surface area contributed by atoms with E-state index in [4.69, 9.17) is 0 Å². The molecule has 1 N–H and O–H groups in total. The lowest BCUT2D eigenvalue weighted by atomic mass is 9.92. The van der Waals surface area contributed by atoms with Crippen LogP contribution in [0, 0.1) is 10.1 Å². The van der Waals surface area contributed by atoms with E-state index in [9.17, 15) is 14.9 Å². The molecule has 2 heterocycles. The predicted molar refractivity (Wildman–Crippen MR) is 131 cm³/mol. The highest BCUT2D eigenvalue weighted by Crippen LogP contribution is 2.36. The lowest BCUT2D eigenvalue weighted by Gasteiger charge is -2.32. The minimum atomic E-state index is -0.353. The zero-order valence-corrected chi connectivity index (χ0v) is 20.3. The Balaban J connectivity index is 0.00000149. The van der Waals surface area contributed by atoms with E-state index in [1.807, 2.05) is 46.3 Å². The smallest absolute Gasteiger partial charge is 0.273 e. The second-order valence-electron chi connectivity index (χ2n) is 8.80. The van der Waals surface area contributed by atoms with E-state index >= 15 is 0 Å². The molecule has 180 valence electrons. The summed E-state index contributed by atoms with van der Waals surface area (Å²) in [4.78, 5) is 31.2. The Morgan fingerprint density at radius 3 is 2.64 bits per heavy atom. The fourth-order valence-electron chi connectivity index (χ4n) is 4.71. The summed E-state index contributed by atoms with van der Waals surface area (Å²) in [5.74, 6) is -0.176. The van der Waals surface area contributed by atoms with Crippen molar-refractivity contribution in [3.05, 3.63) is 51.6 Å². The fraction of sp³-hybridized carbons (Fsp3) is 0.600. The molecule has 1 aromatic carbocycles. The average molecular weight is 456 g/mol. The number of aromatic nitrogens is 2. The summed E-state index contributed by atoms with van der Waals surface area (Å²) in [5.41, 5.74) is 2.98. The molecule has 0 spiro atoms. The van der Waals surface area contributed by atoms with Gasteiger partial charge < -0.3 is 14.8 Å². The number of amides is 1. The third-order valence-electron chi connectivity index (χ3n) is 6.77. The number of nitro groups is 1. The molecule has 8 heteroatoms. The molecule has 0 radical (unpaired) electrons. The summed E-state index contributed by atoms with van der Waals surface area (Å²) < 4.78 is 2.11. The molecule has 1 amide bonds. The Kier molecular flexibility index (Phi) is 8.47. The van der Waals surface area contributed by atoms with Crippen molar-refractivity contribution in [1.82, 2.24) is 14.9 Å². The number of anilines is 1. The molecule has 1 aromatic heterocycles. The molecule has 2 aromatic rings. The van der Waals surface area contributed by atoms with E-state index < -0.39 is 0 Å². The van der Waals surface area contributed by atoms with Crippen LogP contribution in [0.5, 0.6) is 0 Å². The van der Waals surface area contributed by atoms with Gasteiger partial charge in [0.25, 0.3) is 11.6 Å². The van der Waals surface area contributed by atoms with Gasteiger partial charge in [0.05, 0.1) is 34.7 Å². The zero-order valence-electron chi connectivity index (χ0n) is 20.3. The van der Waals surface area contributed by atoms with Crippen LogP contribution in [0.3, 0.4) is 0 Å². The molecule has 2 aliphatic rings. The van der Waals surface area contributed by atoms with Crippen molar-refractivity contribution in [2.45, 2.75) is 91.3 Å². The van der Waals surface area contributed by atoms with E-state index in [0.29, 0.717) is 17.7 Å². The molecule has 1 aliphatic carbocycles. The average Bonchev–Trinajstić information content (AvgIpc) is 3.32. The molecular weight excluding hydrogens is 418 g/mol. The van der Waals surface area contributed by atoms with Gasteiger partial charge in [-0.05, 0) is 31.2 Å². The van der Waals surface area contributed by atoms with Crippen molar-refractivity contribution in [2.75, 3.05) is 11.4 Å². The largest absolute Gasteiger partial charge is 0.363 e. The molecule has 0 saturated heterocycles. The van der Waals surface area contributed by atoms with Crippen LogP contribution in [0.25, 0.3) is 0 Å². The molecular formula is C25H37N5O3. The van der Waals surface area contributed by atoms with Crippen molar-refractivity contribution < 1.29 is 9.72 Å². The van der Waals surface area contributed by atoms with Gasteiger partial charge in [-0.1, -0.05) is 47.0 Å².